The van der Waals surface area contributed by atoms with Crippen molar-refractivity contribution >= 4 is 24.2 Å². The van der Waals surface area contributed by atoms with Crippen LogP contribution in [0, 0.1) is 10.1 Å². The molecule has 0 heterocycles. The van der Waals surface area contributed by atoms with Crippen molar-refractivity contribution in [3.8, 4) is 0 Å². The lowest BCUT2D eigenvalue weighted by Gasteiger charge is -2.30. The molecule has 3 aromatic carbocycles. The van der Waals surface area contributed by atoms with Crippen LogP contribution in [0.2, 0.25) is 0 Å². The number of Topliss-reactive ketones (excluding diaryl/α,β-unsaturated/α-hetero) is 1. The molecular weight excluding hydrogens is 429 g/mol. The van der Waals surface area contributed by atoms with Crippen LogP contribution in [-0.4, -0.2) is 36.1 Å². The van der Waals surface area contributed by atoms with E-state index in [1.54, 1.807) is 56.3 Å². The highest BCUT2D eigenvalue weighted by molar-refractivity contribution is 7.56. The molecule has 0 saturated heterocycles. The lowest BCUT2D eigenvalue weighted by Crippen LogP contribution is -2.34. The minimum Gasteiger partial charge on any atom is -0.308 e. The van der Waals surface area contributed by atoms with Gasteiger partial charge >= 0.3 is 7.60 Å². The summed E-state index contributed by atoms with van der Waals surface area (Å²) in [6.07, 6.45) is 0. The molecule has 0 fully saturated rings. The predicted octanol–water partition coefficient (Wildman–Crippen LogP) is 5.72. The maximum absolute atomic E-state index is 14.0. The fourth-order valence-corrected chi connectivity index (χ4v) is 6.23. The van der Waals surface area contributed by atoms with Gasteiger partial charge in [-0.05, 0) is 30.2 Å². The van der Waals surface area contributed by atoms with Gasteiger partial charge < -0.3 is 9.05 Å². The number of ketones is 1. The Morgan fingerprint density at radius 2 is 1.53 bits per heavy atom. The summed E-state index contributed by atoms with van der Waals surface area (Å²) in [5.74, 6) is -1.52. The number of hydrogen-bond donors (Lipinski definition) is 0. The van der Waals surface area contributed by atoms with Crippen LogP contribution in [0.3, 0.4) is 0 Å². The second-order valence-electron chi connectivity index (χ2n) is 7.24. The predicted molar refractivity (Wildman–Crippen MR) is 124 cm³/mol. The zero-order valence-electron chi connectivity index (χ0n) is 18.0. The Morgan fingerprint density at radius 1 is 0.938 bits per heavy atom. The van der Waals surface area contributed by atoms with Crippen LogP contribution in [-0.2, 0) is 13.6 Å². The van der Waals surface area contributed by atoms with Gasteiger partial charge in [0, 0.05) is 10.5 Å². The second-order valence-corrected chi connectivity index (χ2v) is 9.39. The van der Waals surface area contributed by atoms with Crippen molar-refractivity contribution < 1.29 is 23.3 Å². The summed E-state index contributed by atoms with van der Waals surface area (Å²) in [5.41, 5.74) is -0.513. The lowest BCUT2D eigenvalue weighted by atomic mass is 9.87. The van der Waals surface area contributed by atoms with E-state index in [1.165, 1.54) is 0 Å². The van der Waals surface area contributed by atoms with Crippen LogP contribution in [0.1, 0.15) is 35.7 Å². The Labute approximate surface area is 187 Å². The largest absolute Gasteiger partial charge is 0.342 e. The van der Waals surface area contributed by atoms with Gasteiger partial charge in [-0.3, -0.25) is 19.5 Å². The van der Waals surface area contributed by atoms with E-state index in [1.807, 2.05) is 30.3 Å². The average Bonchev–Trinajstić information content (AvgIpc) is 2.79. The molecule has 0 N–H and O–H groups in total. The van der Waals surface area contributed by atoms with Gasteiger partial charge in [-0.2, -0.15) is 0 Å². The fraction of sp³-hybridized carbons (Fsp3) is 0.292. The fourth-order valence-electron chi connectivity index (χ4n) is 3.98. The quantitative estimate of drug-likeness (QED) is 0.159. The van der Waals surface area contributed by atoms with Crippen LogP contribution in [0.25, 0.3) is 10.8 Å². The summed E-state index contributed by atoms with van der Waals surface area (Å²) in [5, 5.41) is 13.4. The molecule has 7 nitrogen and oxygen atoms in total. The molecule has 0 aliphatic heterocycles. The number of carbonyl (C=O) groups is 1. The van der Waals surface area contributed by atoms with Crippen molar-refractivity contribution in [1.29, 1.82) is 0 Å². The molecule has 2 atom stereocenters. The lowest BCUT2D eigenvalue weighted by molar-refractivity contribution is -0.483. The first-order valence-corrected chi connectivity index (χ1v) is 12.1. The molecule has 168 valence electrons. The topological polar surface area (TPSA) is 95.7 Å². The van der Waals surface area contributed by atoms with Gasteiger partial charge in [0.1, 0.15) is 5.66 Å². The van der Waals surface area contributed by atoms with Gasteiger partial charge in [-0.1, -0.05) is 72.8 Å². The molecular formula is C24H26NO6P. The van der Waals surface area contributed by atoms with E-state index in [4.69, 9.17) is 9.05 Å². The van der Waals surface area contributed by atoms with E-state index < -0.39 is 36.4 Å². The maximum atomic E-state index is 14.0. The minimum absolute atomic E-state index is 0.0383. The summed E-state index contributed by atoms with van der Waals surface area (Å²) < 4.78 is 25.1. The molecule has 0 aliphatic carbocycles. The highest BCUT2D eigenvalue weighted by Gasteiger charge is 2.49. The third-order valence-corrected chi connectivity index (χ3v) is 7.75. The zero-order chi connectivity index (χ0) is 23.1. The van der Waals surface area contributed by atoms with Crippen LogP contribution in [0.4, 0.5) is 0 Å². The number of hydrogen-bond acceptors (Lipinski definition) is 6. The van der Waals surface area contributed by atoms with E-state index >= 15 is 0 Å². The van der Waals surface area contributed by atoms with Crippen LogP contribution in [0.5, 0.6) is 0 Å². The Hall–Kier alpha value is -2.86. The van der Waals surface area contributed by atoms with Gasteiger partial charge in [0.05, 0.1) is 19.1 Å². The molecule has 0 aliphatic rings. The molecule has 0 unspecified atom stereocenters. The summed E-state index contributed by atoms with van der Waals surface area (Å²) >= 11 is 0. The minimum atomic E-state index is -4.06. The van der Waals surface area contributed by atoms with E-state index in [0.29, 0.717) is 11.1 Å². The first kappa shape index (κ1) is 23.8. The molecule has 0 bridgehead atoms. The summed E-state index contributed by atoms with van der Waals surface area (Å²) in [6, 6.07) is 21.2. The molecule has 8 heteroatoms. The monoisotopic (exact) mass is 455 g/mol. The molecule has 0 aromatic heterocycles. The number of carbonyl (C=O) groups excluding carboxylic acids is 1. The normalized spacial score (nSPS) is 13.6. The maximum Gasteiger partial charge on any atom is 0.342 e. The molecule has 3 rings (SSSR count). The third kappa shape index (κ3) is 5.13. The van der Waals surface area contributed by atoms with Gasteiger partial charge in [0.2, 0.25) is 6.54 Å². The van der Waals surface area contributed by atoms with Crippen molar-refractivity contribution in [3.63, 3.8) is 0 Å². The zero-order valence-corrected chi connectivity index (χ0v) is 18.9. The van der Waals surface area contributed by atoms with Crippen LogP contribution >= 0.6 is 7.60 Å². The summed E-state index contributed by atoms with van der Waals surface area (Å²) in [4.78, 5) is 25.0. The number of benzene rings is 3. The van der Waals surface area contributed by atoms with E-state index in [-0.39, 0.29) is 13.2 Å². The first-order valence-electron chi connectivity index (χ1n) is 10.5. The molecule has 3 aromatic rings. The van der Waals surface area contributed by atoms with Gasteiger partial charge in [0.25, 0.3) is 0 Å². The van der Waals surface area contributed by atoms with Crippen molar-refractivity contribution in [1.82, 2.24) is 0 Å². The van der Waals surface area contributed by atoms with Crippen molar-refractivity contribution in [2.75, 3.05) is 19.8 Å². The summed E-state index contributed by atoms with van der Waals surface area (Å²) in [7, 11) is -4.06. The van der Waals surface area contributed by atoms with Crippen LogP contribution < -0.4 is 0 Å². The molecule has 0 amide bonds. The number of nitro groups is 1. The smallest absolute Gasteiger partial charge is 0.308 e. The van der Waals surface area contributed by atoms with Gasteiger partial charge in [-0.15, -0.1) is 0 Å². The molecule has 0 spiro atoms. The van der Waals surface area contributed by atoms with Crippen molar-refractivity contribution in [2.24, 2.45) is 0 Å². The number of fused-ring (bicyclic) bond motifs is 1. The highest BCUT2D eigenvalue weighted by Crippen LogP contribution is 2.58. The number of rotatable bonds is 11. The Balaban J connectivity index is 2.27. The van der Waals surface area contributed by atoms with E-state index in [0.717, 1.165) is 10.8 Å². The third-order valence-electron chi connectivity index (χ3n) is 5.24. The molecule has 0 radical (unpaired) electrons. The van der Waals surface area contributed by atoms with Gasteiger partial charge in [-0.25, -0.2) is 0 Å². The summed E-state index contributed by atoms with van der Waals surface area (Å²) in [6.45, 7) is 2.78. The van der Waals surface area contributed by atoms with Crippen LogP contribution in [0.15, 0.2) is 72.8 Å². The first-order chi connectivity index (χ1) is 15.4. The SMILES string of the molecule is CCOP(=O)(OCC)[C@H](C(=O)c1ccccc1)[C@@H](C[N+](=O)[O-])c1cccc2ccccc12. The van der Waals surface area contributed by atoms with E-state index in [2.05, 4.69) is 0 Å². The van der Waals surface area contributed by atoms with Crippen molar-refractivity contribution in [3.05, 3.63) is 94.0 Å². The van der Waals surface area contributed by atoms with Gasteiger partial charge in [0.15, 0.2) is 5.78 Å². The Morgan fingerprint density at radius 3 is 2.16 bits per heavy atom. The molecule has 32 heavy (non-hydrogen) atoms. The van der Waals surface area contributed by atoms with Crippen molar-refractivity contribution in [2.45, 2.75) is 25.4 Å². The average molecular weight is 455 g/mol. The van der Waals surface area contributed by atoms with E-state index in [9.17, 15) is 19.5 Å². The Bertz CT molecular complexity index is 1120. The highest BCUT2D eigenvalue weighted by atomic mass is 31.2. The molecule has 0 saturated carbocycles. The second kappa shape index (κ2) is 10.6. The Kier molecular flexibility index (Phi) is 7.91. The standard InChI is InChI=1S/C24H26NO6P/c1-3-30-32(29,31-4-2)24(23(26)19-12-6-5-7-13-19)22(17-25(27)28)21-16-10-14-18-11-8-9-15-20(18)21/h5-16,22,24H,3-4,17H2,1-2H3/t22-,24-/m0/s1. The number of nitrogens with zero attached hydrogens (tertiary/aromatic N) is 1.